The highest BCUT2D eigenvalue weighted by Crippen LogP contribution is 2.19. The lowest BCUT2D eigenvalue weighted by Crippen LogP contribution is -2.17. The molecule has 0 saturated carbocycles. The molecular weight excluding hydrogens is 267 g/mol. The predicted octanol–water partition coefficient (Wildman–Crippen LogP) is 1.94. The van der Waals surface area contributed by atoms with Gasteiger partial charge in [0.15, 0.2) is 5.13 Å². The Bertz CT molecular complexity index is 621. The van der Waals surface area contributed by atoms with Crippen molar-refractivity contribution in [3.8, 4) is 0 Å². The number of thiazole rings is 1. The van der Waals surface area contributed by atoms with Gasteiger partial charge < -0.3 is 5.73 Å². The van der Waals surface area contributed by atoms with Crippen molar-refractivity contribution in [2.75, 3.05) is 5.73 Å². The zero-order valence-corrected chi connectivity index (χ0v) is 10.9. The first-order valence-corrected chi connectivity index (χ1v) is 6.20. The number of hydrogen-bond acceptors (Lipinski definition) is 5. The van der Waals surface area contributed by atoms with E-state index in [4.69, 9.17) is 5.73 Å². The first-order valence-electron chi connectivity index (χ1n) is 5.38. The summed E-state index contributed by atoms with van der Waals surface area (Å²) in [5.74, 6) is -0.693. The van der Waals surface area contributed by atoms with Gasteiger partial charge in [0.2, 0.25) is 0 Å². The maximum Gasteiger partial charge on any atom is 0.283 e. The molecule has 0 radical (unpaired) electrons. The summed E-state index contributed by atoms with van der Waals surface area (Å²) >= 11 is 1.10. The van der Waals surface area contributed by atoms with Gasteiger partial charge >= 0.3 is 0 Å². The number of nitrogens with zero attached hydrogens (tertiary/aromatic N) is 2. The van der Waals surface area contributed by atoms with Crippen LogP contribution in [0, 0.1) is 12.7 Å². The van der Waals surface area contributed by atoms with Gasteiger partial charge in [0.05, 0.1) is 11.9 Å². The number of nitrogen functional groups attached to an aromatic ring is 1. The fourth-order valence-corrected chi connectivity index (χ4v) is 2.12. The molecule has 19 heavy (non-hydrogen) atoms. The van der Waals surface area contributed by atoms with Crippen LogP contribution in [0.4, 0.5) is 9.52 Å². The zero-order chi connectivity index (χ0) is 13.8. The zero-order valence-electron chi connectivity index (χ0n) is 10.1. The molecule has 0 aliphatic rings. The Balaban J connectivity index is 2.00. The van der Waals surface area contributed by atoms with Gasteiger partial charge in [-0.3, -0.25) is 4.79 Å². The van der Waals surface area contributed by atoms with E-state index >= 15 is 0 Å². The van der Waals surface area contributed by atoms with Gasteiger partial charge in [0.25, 0.3) is 5.91 Å². The summed E-state index contributed by atoms with van der Waals surface area (Å²) in [6, 6.07) is 5.75. The number of anilines is 1. The summed E-state index contributed by atoms with van der Waals surface area (Å²) in [5.41, 5.74) is 9.12. The minimum Gasteiger partial charge on any atom is -0.375 e. The number of aryl methyl sites for hydroxylation is 1. The van der Waals surface area contributed by atoms with E-state index < -0.39 is 0 Å². The second-order valence-electron chi connectivity index (χ2n) is 3.72. The fraction of sp³-hybridized carbons (Fsp3) is 0.0833. The largest absolute Gasteiger partial charge is 0.375 e. The Morgan fingerprint density at radius 3 is 2.74 bits per heavy atom. The molecule has 0 atom stereocenters. The highest BCUT2D eigenvalue weighted by atomic mass is 32.1. The molecule has 1 amide bonds. The highest BCUT2D eigenvalue weighted by molar-refractivity contribution is 7.17. The molecule has 3 N–H and O–H groups in total. The maximum absolute atomic E-state index is 12.7. The average molecular weight is 278 g/mol. The van der Waals surface area contributed by atoms with E-state index in [-0.39, 0.29) is 11.7 Å². The Kier molecular flexibility index (Phi) is 3.86. The number of hydrogen-bond donors (Lipinski definition) is 2. The monoisotopic (exact) mass is 278 g/mol. The van der Waals surface area contributed by atoms with Crippen molar-refractivity contribution in [3.05, 3.63) is 46.2 Å². The lowest BCUT2D eigenvalue weighted by atomic mass is 10.2. The molecule has 98 valence electrons. The highest BCUT2D eigenvalue weighted by Gasteiger charge is 2.12. The van der Waals surface area contributed by atoms with Gasteiger partial charge in [-0.15, -0.1) is 0 Å². The van der Waals surface area contributed by atoms with Crippen molar-refractivity contribution in [3.63, 3.8) is 0 Å². The van der Waals surface area contributed by atoms with Crippen molar-refractivity contribution in [1.29, 1.82) is 0 Å². The number of nitrogens with one attached hydrogen (secondary N) is 1. The van der Waals surface area contributed by atoms with E-state index in [0.29, 0.717) is 21.3 Å². The molecular formula is C12H11FN4OS. The lowest BCUT2D eigenvalue weighted by Gasteiger charge is -1.97. The number of rotatable bonds is 3. The van der Waals surface area contributed by atoms with Crippen LogP contribution in [-0.4, -0.2) is 17.1 Å². The first-order chi connectivity index (χ1) is 9.06. The first kappa shape index (κ1) is 13.2. The summed E-state index contributed by atoms with van der Waals surface area (Å²) in [5, 5.41) is 4.13. The third-order valence-electron chi connectivity index (χ3n) is 2.27. The Morgan fingerprint density at radius 2 is 2.16 bits per heavy atom. The molecule has 0 aliphatic heterocycles. The number of amides is 1. The van der Waals surface area contributed by atoms with Crippen LogP contribution in [0.5, 0.6) is 0 Å². The van der Waals surface area contributed by atoms with Crippen molar-refractivity contribution in [2.24, 2.45) is 5.10 Å². The molecule has 0 saturated heterocycles. The topological polar surface area (TPSA) is 80.4 Å². The number of aromatic nitrogens is 1. The van der Waals surface area contributed by atoms with Gasteiger partial charge in [-0.1, -0.05) is 23.5 Å². The molecule has 0 bridgehead atoms. The van der Waals surface area contributed by atoms with Crippen LogP contribution in [0.15, 0.2) is 29.4 Å². The quantitative estimate of drug-likeness (QED) is 0.665. The predicted molar refractivity (Wildman–Crippen MR) is 72.7 cm³/mol. The molecule has 1 aromatic carbocycles. The normalized spacial score (nSPS) is 10.8. The van der Waals surface area contributed by atoms with Crippen LogP contribution < -0.4 is 11.2 Å². The summed E-state index contributed by atoms with van der Waals surface area (Å²) in [4.78, 5) is 16.1. The summed E-state index contributed by atoms with van der Waals surface area (Å²) in [7, 11) is 0. The second kappa shape index (κ2) is 5.57. The smallest absolute Gasteiger partial charge is 0.283 e. The summed E-state index contributed by atoms with van der Waals surface area (Å²) in [6.45, 7) is 1.70. The molecule has 0 fully saturated rings. The Labute approximate surface area is 113 Å². The Morgan fingerprint density at radius 1 is 1.47 bits per heavy atom. The molecule has 1 aromatic heterocycles. The third-order valence-corrected chi connectivity index (χ3v) is 3.25. The van der Waals surface area contributed by atoms with E-state index in [2.05, 4.69) is 15.5 Å². The molecule has 0 aliphatic carbocycles. The van der Waals surface area contributed by atoms with Gasteiger partial charge in [-0.2, -0.15) is 5.10 Å². The van der Waals surface area contributed by atoms with E-state index in [1.54, 1.807) is 19.1 Å². The van der Waals surface area contributed by atoms with Crippen LogP contribution >= 0.6 is 11.3 Å². The molecule has 2 rings (SSSR count). The molecule has 2 aromatic rings. The number of benzene rings is 1. The van der Waals surface area contributed by atoms with Crippen LogP contribution in [0.3, 0.4) is 0 Å². The summed E-state index contributed by atoms with van der Waals surface area (Å²) < 4.78 is 12.7. The fourth-order valence-electron chi connectivity index (χ4n) is 1.39. The third kappa shape index (κ3) is 3.35. The second-order valence-corrected chi connectivity index (χ2v) is 4.75. The number of nitrogens with two attached hydrogens (primary N) is 1. The summed E-state index contributed by atoms with van der Waals surface area (Å²) in [6.07, 6.45) is 1.43. The van der Waals surface area contributed by atoms with E-state index in [0.717, 1.165) is 11.3 Å². The number of carbonyl (C=O) groups excluding carboxylic acids is 1. The molecule has 5 nitrogen and oxygen atoms in total. The van der Waals surface area contributed by atoms with Gasteiger partial charge in [0.1, 0.15) is 10.7 Å². The van der Waals surface area contributed by atoms with Crippen molar-refractivity contribution >= 4 is 28.6 Å². The number of hydrazone groups is 1. The van der Waals surface area contributed by atoms with E-state index in [1.165, 1.54) is 18.3 Å². The maximum atomic E-state index is 12.7. The molecule has 7 heteroatoms. The van der Waals surface area contributed by atoms with Crippen molar-refractivity contribution in [1.82, 2.24) is 10.4 Å². The van der Waals surface area contributed by atoms with Gasteiger partial charge in [-0.25, -0.2) is 14.8 Å². The average Bonchev–Trinajstić information content (AvgIpc) is 2.71. The molecule has 0 unspecified atom stereocenters. The number of carbonyl (C=O) groups is 1. The van der Waals surface area contributed by atoms with E-state index in [9.17, 15) is 9.18 Å². The van der Waals surface area contributed by atoms with Crippen LogP contribution in [0.2, 0.25) is 0 Å². The van der Waals surface area contributed by atoms with Crippen LogP contribution in [0.25, 0.3) is 0 Å². The van der Waals surface area contributed by atoms with Gasteiger partial charge in [0, 0.05) is 0 Å². The SMILES string of the molecule is Cc1nc(N)sc1C(=O)N/N=C/c1ccc(F)cc1. The van der Waals surface area contributed by atoms with Crippen molar-refractivity contribution in [2.45, 2.75) is 6.92 Å². The van der Waals surface area contributed by atoms with Crippen LogP contribution in [0.1, 0.15) is 20.9 Å². The Hall–Kier alpha value is -2.28. The number of halogens is 1. The molecule has 0 spiro atoms. The van der Waals surface area contributed by atoms with Gasteiger partial charge in [-0.05, 0) is 24.6 Å². The van der Waals surface area contributed by atoms with E-state index in [1.807, 2.05) is 0 Å². The van der Waals surface area contributed by atoms with Crippen LogP contribution in [-0.2, 0) is 0 Å². The molecule has 1 heterocycles. The standard InChI is InChI=1S/C12H11FN4OS/c1-7-10(19-12(14)16-7)11(18)17-15-6-8-2-4-9(13)5-3-8/h2-6H,1H3,(H2,14,16)(H,17,18)/b15-6+. The minimum atomic E-state index is -0.370. The lowest BCUT2D eigenvalue weighted by molar-refractivity contribution is 0.0958. The minimum absolute atomic E-state index is 0.322. The van der Waals surface area contributed by atoms with Crippen molar-refractivity contribution < 1.29 is 9.18 Å².